The van der Waals surface area contributed by atoms with E-state index in [0.29, 0.717) is 5.56 Å². The van der Waals surface area contributed by atoms with Crippen LogP contribution in [0.1, 0.15) is 31.2 Å². The molecule has 1 rings (SSSR count). The van der Waals surface area contributed by atoms with E-state index < -0.39 is 54.3 Å². The molecule has 0 heterocycles. The van der Waals surface area contributed by atoms with Crippen molar-refractivity contribution in [2.45, 2.75) is 50.2 Å². The minimum atomic E-state index is -1.30. The maximum atomic E-state index is 12.7. The summed E-state index contributed by atoms with van der Waals surface area (Å²) < 4.78 is 0. The summed E-state index contributed by atoms with van der Waals surface area (Å²) in [5, 5.41) is 34.6. The molecule has 0 saturated carbocycles. The molecule has 37 heavy (non-hydrogen) atoms. The van der Waals surface area contributed by atoms with Crippen molar-refractivity contribution in [3.8, 4) is 5.75 Å². The maximum Gasteiger partial charge on any atom is 0.326 e. The average molecular weight is 524 g/mol. The van der Waals surface area contributed by atoms with Crippen molar-refractivity contribution in [3.05, 3.63) is 29.8 Å². The summed E-state index contributed by atoms with van der Waals surface area (Å²) in [5.74, 6) is -4.87. The number of nitrogens with one attached hydrogen (secondary N) is 3. The van der Waals surface area contributed by atoms with Crippen molar-refractivity contribution in [1.82, 2.24) is 16.0 Å². The molecule has 0 bridgehead atoms. The number of carbonyl (C=O) groups excluding carboxylic acids is 3. The van der Waals surface area contributed by atoms with Crippen LogP contribution in [0, 0.1) is 0 Å². The predicted molar refractivity (Wildman–Crippen MR) is 131 cm³/mol. The Labute approximate surface area is 212 Å². The molecule has 1 aromatic carbocycles. The molecule has 3 unspecified atom stereocenters. The summed E-state index contributed by atoms with van der Waals surface area (Å²) in [4.78, 5) is 63.3. The van der Waals surface area contributed by atoms with Crippen LogP contribution in [0.5, 0.6) is 5.75 Å². The fourth-order valence-electron chi connectivity index (χ4n) is 3.06. The standard InChI is InChI=1S/C22H33N7O8/c23-14(7-8-18(32)33)19(34)29-15(2-1-9-26-22(24)25)20(35)27-11-17(31)28-16(21(36)37)10-12-3-5-13(30)6-4-12/h3-6,14-16,30H,1-2,7-11,23H2,(H,27,35)(H,28,31)(H,29,34)(H,32,33)(H,36,37)(H4,24,25,26). The van der Waals surface area contributed by atoms with E-state index in [-0.39, 0.29) is 50.4 Å². The van der Waals surface area contributed by atoms with Gasteiger partial charge in [0.15, 0.2) is 5.96 Å². The van der Waals surface area contributed by atoms with Gasteiger partial charge in [-0.15, -0.1) is 0 Å². The van der Waals surface area contributed by atoms with Gasteiger partial charge in [-0.3, -0.25) is 24.2 Å². The molecule has 0 spiro atoms. The van der Waals surface area contributed by atoms with Crippen LogP contribution in [0.4, 0.5) is 0 Å². The number of hydrogen-bond acceptors (Lipinski definition) is 8. The van der Waals surface area contributed by atoms with Crippen molar-refractivity contribution < 1.29 is 39.3 Å². The lowest BCUT2D eigenvalue weighted by Crippen LogP contribution is -2.53. The number of aliphatic imine (C=N–C) groups is 1. The SMILES string of the molecule is NC(N)=NCCCC(NC(=O)C(N)CCC(=O)O)C(=O)NCC(=O)NC(Cc1ccc(O)cc1)C(=O)O. The molecule has 3 atom stereocenters. The minimum absolute atomic E-state index is 0.00478. The highest BCUT2D eigenvalue weighted by Gasteiger charge is 2.25. The number of guanidine groups is 1. The molecule has 0 fully saturated rings. The van der Waals surface area contributed by atoms with Crippen LogP contribution in [0.3, 0.4) is 0 Å². The van der Waals surface area contributed by atoms with Gasteiger partial charge in [0.05, 0.1) is 12.6 Å². The number of benzene rings is 1. The first kappa shape index (κ1) is 30.6. The number of phenolic OH excluding ortho intramolecular Hbond substituents is 1. The Morgan fingerprint density at radius 1 is 0.919 bits per heavy atom. The number of carboxylic acids is 2. The molecule has 204 valence electrons. The van der Waals surface area contributed by atoms with Crippen molar-refractivity contribution in [3.63, 3.8) is 0 Å². The van der Waals surface area contributed by atoms with Crippen molar-refractivity contribution in [1.29, 1.82) is 0 Å². The van der Waals surface area contributed by atoms with Gasteiger partial charge in [-0.2, -0.15) is 0 Å². The van der Waals surface area contributed by atoms with Crippen molar-refractivity contribution in [2.75, 3.05) is 13.1 Å². The lowest BCUT2D eigenvalue weighted by atomic mass is 10.1. The smallest absolute Gasteiger partial charge is 0.326 e. The van der Waals surface area contributed by atoms with E-state index in [9.17, 15) is 34.2 Å². The highest BCUT2D eigenvalue weighted by atomic mass is 16.4. The number of carboxylic acid groups (broad SMARTS) is 2. The molecule has 0 radical (unpaired) electrons. The zero-order valence-electron chi connectivity index (χ0n) is 20.1. The number of nitrogens with zero attached hydrogens (tertiary/aromatic N) is 1. The fraction of sp³-hybridized carbons (Fsp3) is 0.455. The summed E-state index contributed by atoms with van der Waals surface area (Å²) in [6, 6.07) is 2.17. The van der Waals surface area contributed by atoms with Crippen molar-refractivity contribution >= 4 is 35.6 Å². The van der Waals surface area contributed by atoms with Crippen molar-refractivity contribution in [2.24, 2.45) is 22.2 Å². The fourth-order valence-corrected chi connectivity index (χ4v) is 3.06. The van der Waals surface area contributed by atoms with E-state index in [0.717, 1.165) is 0 Å². The third-order valence-electron chi connectivity index (χ3n) is 5.02. The van der Waals surface area contributed by atoms with Crippen LogP contribution in [-0.2, 0) is 30.4 Å². The summed E-state index contributed by atoms with van der Waals surface area (Å²) in [6.45, 7) is -0.422. The lowest BCUT2D eigenvalue weighted by molar-refractivity contribution is -0.141. The molecule has 15 heteroatoms. The average Bonchev–Trinajstić information content (AvgIpc) is 2.83. The molecular formula is C22H33N7O8. The first-order valence-corrected chi connectivity index (χ1v) is 11.3. The van der Waals surface area contributed by atoms with Gasteiger partial charge in [0.25, 0.3) is 0 Å². The van der Waals surface area contributed by atoms with Gasteiger partial charge in [-0.25, -0.2) is 4.79 Å². The summed E-state index contributed by atoms with van der Waals surface area (Å²) >= 11 is 0. The van der Waals surface area contributed by atoms with Gasteiger partial charge < -0.3 is 48.5 Å². The molecule has 0 aliphatic rings. The van der Waals surface area contributed by atoms with E-state index in [1.807, 2.05) is 0 Å². The highest BCUT2D eigenvalue weighted by molar-refractivity contribution is 5.92. The third-order valence-corrected chi connectivity index (χ3v) is 5.02. The minimum Gasteiger partial charge on any atom is -0.508 e. The van der Waals surface area contributed by atoms with E-state index in [4.69, 9.17) is 22.3 Å². The Balaban J connectivity index is 2.73. The molecule has 3 amide bonds. The number of phenols is 1. The van der Waals surface area contributed by atoms with Gasteiger partial charge in [-0.1, -0.05) is 12.1 Å². The number of amides is 3. The highest BCUT2D eigenvalue weighted by Crippen LogP contribution is 2.11. The number of nitrogens with two attached hydrogens (primary N) is 3. The normalized spacial score (nSPS) is 12.9. The van der Waals surface area contributed by atoms with Crippen LogP contribution in [0.25, 0.3) is 0 Å². The topological polar surface area (TPSA) is 273 Å². The number of aliphatic carboxylic acids is 2. The van der Waals surface area contributed by atoms with Crippen LogP contribution >= 0.6 is 0 Å². The molecule has 0 aliphatic heterocycles. The predicted octanol–water partition coefficient (Wildman–Crippen LogP) is -2.65. The zero-order chi connectivity index (χ0) is 28.0. The van der Waals surface area contributed by atoms with Gasteiger partial charge in [0.2, 0.25) is 17.7 Å². The van der Waals surface area contributed by atoms with Crippen LogP contribution < -0.4 is 33.2 Å². The number of rotatable bonds is 16. The van der Waals surface area contributed by atoms with Crippen LogP contribution in [0.15, 0.2) is 29.3 Å². The Bertz CT molecular complexity index is 980. The summed E-state index contributed by atoms with van der Waals surface area (Å²) in [7, 11) is 0. The largest absolute Gasteiger partial charge is 0.508 e. The second kappa shape index (κ2) is 15.6. The Hall–Kier alpha value is -4.40. The summed E-state index contributed by atoms with van der Waals surface area (Å²) in [6.07, 6.45) is -0.206. The van der Waals surface area contributed by atoms with Crippen LogP contribution in [-0.4, -0.2) is 82.2 Å². The Morgan fingerprint density at radius 2 is 1.57 bits per heavy atom. The van der Waals surface area contributed by atoms with E-state index in [1.165, 1.54) is 24.3 Å². The quantitative estimate of drug-likeness (QED) is 0.0613. The first-order chi connectivity index (χ1) is 17.4. The van der Waals surface area contributed by atoms with Gasteiger partial charge >= 0.3 is 11.9 Å². The summed E-state index contributed by atoms with van der Waals surface area (Å²) in [5.41, 5.74) is 16.8. The second-order valence-corrected chi connectivity index (χ2v) is 8.10. The first-order valence-electron chi connectivity index (χ1n) is 11.3. The van der Waals surface area contributed by atoms with E-state index >= 15 is 0 Å². The zero-order valence-corrected chi connectivity index (χ0v) is 20.1. The number of carbonyl (C=O) groups is 5. The second-order valence-electron chi connectivity index (χ2n) is 8.10. The monoisotopic (exact) mass is 523 g/mol. The molecule has 1 aromatic rings. The van der Waals surface area contributed by atoms with Gasteiger partial charge in [0.1, 0.15) is 17.8 Å². The third kappa shape index (κ3) is 12.7. The Kier molecular flexibility index (Phi) is 12.9. The lowest BCUT2D eigenvalue weighted by Gasteiger charge is -2.21. The van der Waals surface area contributed by atoms with Gasteiger partial charge in [-0.05, 0) is 37.0 Å². The van der Waals surface area contributed by atoms with E-state index in [1.54, 1.807) is 0 Å². The molecule has 0 aromatic heterocycles. The molecule has 12 N–H and O–H groups in total. The Morgan fingerprint density at radius 3 is 2.14 bits per heavy atom. The van der Waals surface area contributed by atoms with E-state index in [2.05, 4.69) is 20.9 Å². The van der Waals surface area contributed by atoms with Gasteiger partial charge in [0, 0.05) is 19.4 Å². The number of aromatic hydroxyl groups is 1. The maximum absolute atomic E-state index is 12.7. The van der Waals surface area contributed by atoms with Crippen LogP contribution in [0.2, 0.25) is 0 Å². The molecule has 0 saturated heterocycles. The molecular weight excluding hydrogens is 490 g/mol. The molecule has 15 nitrogen and oxygen atoms in total. The molecule has 0 aliphatic carbocycles. The number of hydrogen-bond donors (Lipinski definition) is 9.